The Morgan fingerprint density at radius 2 is 2.09 bits per heavy atom. The molecule has 8 heteroatoms. The van der Waals surface area contributed by atoms with Gasteiger partial charge in [0.05, 0.1) is 11.2 Å². The Kier molecular flexibility index (Phi) is 3.51. The van der Waals surface area contributed by atoms with Crippen molar-refractivity contribution in [3.63, 3.8) is 0 Å². The molecule has 0 spiro atoms. The fourth-order valence-electron chi connectivity index (χ4n) is 2.21. The van der Waals surface area contributed by atoms with Crippen molar-refractivity contribution in [3.05, 3.63) is 40.3 Å². The molecular formula is C15H12N4OS3. The lowest BCUT2D eigenvalue weighted by atomic mass is 10.4. The summed E-state index contributed by atoms with van der Waals surface area (Å²) in [6.45, 7) is 2.04. The van der Waals surface area contributed by atoms with E-state index in [-0.39, 0.29) is 5.91 Å². The van der Waals surface area contributed by atoms with Gasteiger partial charge in [-0.2, -0.15) is 0 Å². The molecule has 0 bridgehead atoms. The van der Waals surface area contributed by atoms with Crippen LogP contribution in [-0.2, 0) is 7.05 Å². The summed E-state index contributed by atoms with van der Waals surface area (Å²) in [6.07, 6.45) is 0. The predicted molar refractivity (Wildman–Crippen MR) is 96.7 cm³/mol. The van der Waals surface area contributed by atoms with Gasteiger partial charge in [-0.1, -0.05) is 11.3 Å². The number of aromatic nitrogens is 3. The van der Waals surface area contributed by atoms with Gasteiger partial charge < -0.3 is 4.57 Å². The van der Waals surface area contributed by atoms with E-state index >= 15 is 0 Å². The molecule has 5 nitrogen and oxygen atoms in total. The van der Waals surface area contributed by atoms with Crippen molar-refractivity contribution in [2.45, 2.75) is 6.92 Å². The molecule has 116 valence electrons. The van der Waals surface area contributed by atoms with Crippen LogP contribution in [0.3, 0.4) is 0 Å². The minimum Gasteiger partial charge on any atom is -0.346 e. The van der Waals surface area contributed by atoms with Gasteiger partial charge in [-0.05, 0) is 30.5 Å². The number of carbonyl (C=O) groups excluding carboxylic acids is 1. The zero-order chi connectivity index (χ0) is 16.0. The summed E-state index contributed by atoms with van der Waals surface area (Å²) in [6, 6.07) is 6.01. The van der Waals surface area contributed by atoms with Crippen LogP contribution in [0.25, 0.3) is 20.2 Å². The van der Waals surface area contributed by atoms with Gasteiger partial charge in [-0.15, -0.1) is 22.7 Å². The predicted octanol–water partition coefficient (Wildman–Crippen LogP) is 4.38. The van der Waals surface area contributed by atoms with Crippen LogP contribution < -0.4 is 5.32 Å². The van der Waals surface area contributed by atoms with E-state index < -0.39 is 0 Å². The van der Waals surface area contributed by atoms with E-state index in [0.717, 1.165) is 25.9 Å². The third-order valence-electron chi connectivity index (χ3n) is 3.57. The molecule has 23 heavy (non-hydrogen) atoms. The quantitative estimate of drug-likeness (QED) is 0.590. The second kappa shape index (κ2) is 5.55. The minimum atomic E-state index is -0.222. The molecule has 4 aromatic heterocycles. The lowest BCUT2D eigenvalue weighted by Gasteiger charge is -2.01. The minimum absolute atomic E-state index is 0.222. The number of carbonyl (C=O) groups is 1. The van der Waals surface area contributed by atoms with Crippen LogP contribution in [0.1, 0.15) is 16.2 Å². The Morgan fingerprint density at radius 1 is 1.22 bits per heavy atom. The number of amides is 1. The van der Waals surface area contributed by atoms with E-state index in [0.29, 0.717) is 10.8 Å². The van der Waals surface area contributed by atoms with Crippen molar-refractivity contribution < 1.29 is 4.79 Å². The number of thiazole rings is 2. The monoisotopic (exact) mass is 360 g/mol. The SMILES string of the molecule is Cc1ccc(-c2nc(C(=O)Nc3nc4ccsc4s3)cs2)n1C. The third kappa shape index (κ3) is 2.58. The van der Waals surface area contributed by atoms with Crippen molar-refractivity contribution >= 4 is 54.6 Å². The van der Waals surface area contributed by atoms with E-state index in [9.17, 15) is 4.79 Å². The number of nitrogens with one attached hydrogen (secondary N) is 1. The van der Waals surface area contributed by atoms with Crippen molar-refractivity contribution in [3.8, 4) is 10.7 Å². The number of hydrogen-bond donors (Lipinski definition) is 1. The summed E-state index contributed by atoms with van der Waals surface area (Å²) in [4.78, 5) is 21.2. The molecule has 0 aromatic carbocycles. The van der Waals surface area contributed by atoms with Crippen molar-refractivity contribution in [1.29, 1.82) is 0 Å². The number of thiophene rings is 1. The van der Waals surface area contributed by atoms with E-state index in [1.54, 1.807) is 16.7 Å². The summed E-state index contributed by atoms with van der Waals surface area (Å²) in [7, 11) is 1.99. The molecule has 1 amide bonds. The Hall–Kier alpha value is -2.03. The largest absolute Gasteiger partial charge is 0.346 e. The molecule has 0 aliphatic rings. The molecule has 0 aliphatic heterocycles. The van der Waals surface area contributed by atoms with Crippen LogP contribution in [0.2, 0.25) is 0 Å². The van der Waals surface area contributed by atoms with Gasteiger partial charge in [0.15, 0.2) is 5.13 Å². The zero-order valence-corrected chi connectivity index (χ0v) is 14.8. The maximum Gasteiger partial charge on any atom is 0.276 e. The molecule has 1 N–H and O–H groups in total. The molecular weight excluding hydrogens is 348 g/mol. The topological polar surface area (TPSA) is 59.8 Å². The average Bonchev–Trinajstić information content (AvgIpc) is 3.24. The first-order valence-electron chi connectivity index (χ1n) is 6.85. The summed E-state index contributed by atoms with van der Waals surface area (Å²) in [5, 5.41) is 8.06. The number of aryl methyl sites for hydroxylation is 1. The fraction of sp³-hybridized carbons (Fsp3) is 0.133. The Labute approximate surface area is 144 Å². The molecule has 0 atom stereocenters. The smallest absolute Gasteiger partial charge is 0.276 e. The van der Waals surface area contributed by atoms with Crippen LogP contribution in [-0.4, -0.2) is 20.4 Å². The van der Waals surface area contributed by atoms with Gasteiger partial charge >= 0.3 is 0 Å². The second-order valence-corrected chi connectivity index (χ2v) is 8.06. The summed E-state index contributed by atoms with van der Waals surface area (Å²) >= 11 is 4.58. The first kappa shape index (κ1) is 14.6. The normalized spacial score (nSPS) is 11.2. The molecule has 0 unspecified atom stereocenters. The maximum absolute atomic E-state index is 12.3. The Morgan fingerprint density at radius 3 is 2.83 bits per heavy atom. The molecule has 0 saturated carbocycles. The summed E-state index contributed by atoms with van der Waals surface area (Å²) in [5.41, 5.74) is 3.52. The van der Waals surface area contributed by atoms with Crippen LogP contribution >= 0.6 is 34.0 Å². The number of fused-ring (bicyclic) bond motifs is 1. The number of anilines is 1. The van der Waals surface area contributed by atoms with Crippen LogP contribution in [0.4, 0.5) is 5.13 Å². The fourth-order valence-corrected chi connectivity index (χ4v) is 4.90. The molecule has 4 rings (SSSR count). The molecule has 0 radical (unpaired) electrons. The first-order chi connectivity index (χ1) is 11.1. The molecule has 0 aliphatic carbocycles. The van der Waals surface area contributed by atoms with E-state index in [2.05, 4.69) is 19.9 Å². The van der Waals surface area contributed by atoms with Gasteiger partial charge in [0, 0.05) is 18.1 Å². The highest BCUT2D eigenvalue weighted by Gasteiger charge is 2.16. The first-order valence-corrected chi connectivity index (χ1v) is 9.43. The van der Waals surface area contributed by atoms with Gasteiger partial charge in [0.25, 0.3) is 5.91 Å². The highest BCUT2D eigenvalue weighted by atomic mass is 32.2. The zero-order valence-electron chi connectivity index (χ0n) is 12.4. The molecule has 4 aromatic rings. The Balaban J connectivity index is 1.57. The van der Waals surface area contributed by atoms with E-state index in [1.807, 2.05) is 37.6 Å². The lowest BCUT2D eigenvalue weighted by Crippen LogP contribution is -2.12. The van der Waals surface area contributed by atoms with Gasteiger partial charge in [0.1, 0.15) is 14.7 Å². The molecule has 0 saturated heterocycles. The standard InChI is InChI=1S/C15H12N4OS3/c1-8-3-4-11(19(8)2)13-16-10(7-22-13)12(20)18-15-17-9-5-6-21-14(9)23-15/h3-7H,1-2H3,(H,17,18,20). The Bertz CT molecular complexity index is 979. The van der Waals surface area contributed by atoms with Crippen LogP contribution in [0.5, 0.6) is 0 Å². The van der Waals surface area contributed by atoms with Crippen LogP contribution in [0, 0.1) is 6.92 Å². The summed E-state index contributed by atoms with van der Waals surface area (Å²) < 4.78 is 3.17. The second-order valence-electron chi connectivity index (χ2n) is 5.02. The third-order valence-corrected chi connectivity index (χ3v) is 6.45. The maximum atomic E-state index is 12.3. The lowest BCUT2D eigenvalue weighted by molar-refractivity contribution is 0.102. The van der Waals surface area contributed by atoms with Gasteiger partial charge in [-0.3, -0.25) is 10.1 Å². The highest BCUT2D eigenvalue weighted by molar-refractivity contribution is 7.39. The molecule has 0 fully saturated rings. The molecule has 4 heterocycles. The van der Waals surface area contributed by atoms with Crippen molar-refractivity contribution in [1.82, 2.24) is 14.5 Å². The highest BCUT2D eigenvalue weighted by Crippen LogP contribution is 2.31. The van der Waals surface area contributed by atoms with Crippen LogP contribution in [0.15, 0.2) is 29.0 Å². The summed E-state index contributed by atoms with van der Waals surface area (Å²) in [5.74, 6) is -0.222. The number of rotatable bonds is 3. The van der Waals surface area contributed by atoms with Gasteiger partial charge in [-0.25, -0.2) is 9.97 Å². The van der Waals surface area contributed by atoms with Gasteiger partial charge in [0.2, 0.25) is 0 Å². The van der Waals surface area contributed by atoms with E-state index in [1.165, 1.54) is 22.7 Å². The van der Waals surface area contributed by atoms with Crippen molar-refractivity contribution in [2.24, 2.45) is 7.05 Å². The number of hydrogen-bond acceptors (Lipinski definition) is 6. The number of nitrogens with zero attached hydrogens (tertiary/aromatic N) is 3. The average molecular weight is 360 g/mol. The van der Waals surface area contributed by atoms with E-state index in [4.69, 9.17) is 0 Å². The van der Waals surface area contributed by atoms with Crippen molar-refractivity contribution in [2.75, 3.05) is 5.32 Å².